The van der Waals surface area contributed by atoms with Crippen LogP contribution >= 0.6 is 11.8 Å². The summed E-state index contributed by atoms with van der Waals surface area (Å²) in [4.78, 5) is 25.3. The van der Waals surface area contributed by atoms with Gasteiger partial charge in [0.05, 0.1) is 0 Å². The predicted octanol–water partition coefficient (Wildman–Crippen LogP) is 2.17. The van der Waals surface area contributed by atoms with Crippen LogP contribution in [0.25, 0.3) is 0 Å². The number of carboxylic acids is 1. The van der Waals surface area contributed by atoms with E-state index in [1.807, 2.05) is 13.2 Å². The van der Waals surface area contributed by atoms with Crippen LogP contribution < -0.4 is 5.32 Å². The van der Waals surface area contributed by atoms with Crippen molar-refractivity contribution in [2.75, 3.05) is 19.1 Å². The van der Waals surface area contributed by atoms with Crippen molar-refractivity contribution in [1.29, 1.82) is 0 Å². The molecule has 0 aromatic rings. The number of nitrogens with zero attached hydrogens (tertiary/aromatic N) is 1. The fourth-order valence-electron chi connectivity index (χ4n) is 2.39. The van der Waals surface area contributed by atoms with Gasteiger partial charge in [0.15, 0.2) is 0 Å². The van der Waals surface area contributed by atoms with E-state index in [1.54, 1.807) is 23.7 Å². The normalized spacial score (nSPS) is 19.5. The number of thioether (sulfide) groups is 1. The average molecular weight is 288 g/mol. The van der Waals surface area contributed by atoms with E-state index in [-0.39, 0.29) is 12.1 Å². The van der Waals surface area contributed by atoms with Crippen molar-refractivity contribution < 1.29 is 14.7 Å². The van der Waals surface area contributed by atoms with Crippen molar-refractivity contribution in [2.24, 2.45) is 0 Å². The molecule has 1 aliphatic rings. The third kappa shape index (κ3) is 4.03. The molecule has 1 fully saturated rings. The molecule has 6 heteroatoms. The van der Waals surface area contributed by atoms with Crippen LogP contribution in [-0.4, -0.2) is 52.6 Å². The first-order chi connectivity index (χ1) is 8.93. The van der Waals surface area contributed by atoms with E-state index in [4.69, 9.17) is 0 Å². The average Bonchev–Trinajstić information content (AvgIpc) is 2.39. The standard InChI is InChI=1S/C13H24N2O3S/c1-10(9-19-3)15(2)12(18)14-13(11(16)17)7-5-4-6-8-13/h10H,4-9H2,1-3H3,(H,14,18)(H,16,17). The molecule has 0 saturated heterocycles. The van der Waals surface area contributed by atoms with Crippen molar-refractivity contribution in [2.45, 2.75) is 50.6 Å². The van der Waals surface area contributed by atoms with Gasteiger partial charge < -0.3 is 15.3 Å². The van der Waals surface area contributed by atoms with E-state index in [0.29, 0.717) is 12.8 Å². The summed E-state index contributed by atoms with van der Waals surface area (Å²) >= 11 is 1.67. The fourth-order valence-corrected chi connectivity index (χ4v) is 3.10. The van der Waals surface area contributed by atoms with Crippen LogP contribution in [0, 0.1) is 0 Å². The zero-order valence-corrected chi connectivity index (χ0v) is 12.8. The Morgan fingerprint density at radius 3 is 2.42 bits per heavy atom. The van der Waals surface area contributed by atoms with Gasteiger partial charge in [-0.15, -0.1) is 0 Å². The van der Waals surface area contributed by atoms with Gasteiger partial charge in [-0.25, -0.2) is 9.59 Å². The molecule has 0 aromatic carbocycles. The number of carbonyl (C=O) groups is 2. The minimum absolute atomic E-state index is 0.0874. The second-order valence-electron chi connectivity index (χ2n) is 5.29. The van der Waals surface area contributed by atoms with Crippen molar-refractivity contribution in [3.05, 3.63) is 0 Å². The van der Waals surface area contributed by atoms with Crippen LogP contribution in [-0.2, 0) is 4.79 Å². The van der Waals surface area contributed by atoms with Crippen LogP contribution in [0.3, 0.4) is 0 Å². The molecule has 0 aromatic heterocycles. The molecule has 0 spiro atoms. The van der Waals surface area contributed by atoms with Gasteiger partial charge >= 0.3 is 12.0 Å². The summed E-state index contributed by atoms with van der Waals surface area (Å²) in [5, 5.41) is 12.2. The Morgan fingerprint density at radius 1 is 1.37 bits per heavy atom. The van der Waals surface area contributed by atoms with Crippen LogP contribution in [0.5, 0.6) is 0 Å². The van der Waals surface area contributed by atoms with Crippen molar-refractivity contribution in [1.82, 2.24) is 10.2 Å². The Balaban J connectivity index is 2.69. The Hall–Kier alpha value is -0.910. The van der Waals surface area contributed by atoms with Crippen molar-refractivity contribution in [3.8, 4) is 0 Å². The monoisotopic (exact) mass is 288 g/mol. The van der Waals surface area contributed by atoms with Gasteiger partial charge in [-0.3, -0.25) is 0 Å². The van der Waals surface area contributed by atoms with Gasteiger partial charge in [0.2, 0.25) is 0 Å². The third-order valence-electron chi connectivity index (χ3n) is 3.85. The van der Waals surface area contributed by atoms with E-state index in [1.165, 1.54) is 0 Å². The van der Waals surface area contributed by atoms with Gasteiger partial charge in [-0.2, -0.15) is 11.8 Å². The highest BCUT2D eigenvalue weighted by Gasteiger charge is 2.41. The van der Waals surface area contributed by atoms with Crippen LogP contribution in [0.4, 0.5) is 4.79 Å². The number of carbonyl (C=O) groups excluding carboxylic acids is 1. The summed E-state index contributed by atoms with van der Waals surface area (Å²) < 4.78 is 0. The number of nitrogens with one attached hydrogen (secondary N) is 1. The van der Waals surface area contributed by atoms with Gasteiger partial charge in [0.25, 0.3) is 0 Å². The van der Waals surface area contributed by atoms with Gasteiger partial charge in [-0.05, 0) is 26.0 Å². The lowest BCUT2D eigenvalue weighted by Gasteiger charge is -2.36. The topological polar surface area (TPSA) is 69.6 Å². The largest absolute Gasteiger partial charge is 0.480 e. The number of rotatable bonds is 5. The number of urea groups is 1. The molecule has 1 atom stereocenters. The van der Waals surface area contributed by atoms with Crippen molar-refractivity contribution >= 4 is 23.8 Å². The first-order valence-electron chi connectivity index (χ1n) is 6.70. The fraction of sp³-hybridized carbons (Fsp3) is 0.846. The van der Waals surface area contributed by atoms with E-state index < -0.39 is 11.5 Å². The number of aliphatic carboxylic acids is 1. The summed E-state index contributed by atoms with van der Waals surface area (Å²) in [5.74, 6) is -0.0734. The molecule has 2 amide bonds. The SMILES string of the molecule is CSCC(C)N(C)C(=O)NC1(C(=O)O)CCCCC1. The Kier molecular flexibility index (Phi) is 5.97. The molecule has 2 N–H and O–H groups in total. The molecule has 110 valence electrons. The molecule has 0 bridgehead atoms. The lowest BCUT2D eigenvalue weighted by molar-refractivity contribution is -0.146. The predicted molar refractivity (Wildman–Crippen MR) is 77.6 cm³/mol. The molecule has 1 aliphatic carbocycles. The first-order valence-corrected chi connectivity index (χ1v) is 8.09. The molecule has 0 heterocycles. The van der Waals surface area contributed by atoms with Gasteiger partial charge in [0, 0.05) is 18.8 Å². The molecule has 1 unspecified atom stereocenters. The number of carboxylic acid groups (broad SMARTS) is 1. The molecule has 5 nitrogen and oxygen atoms in total. The molecule has 0 aliphatic heterocycles. The van der Waals surface area contributed by atoms with Gasteiger partial charge in [0.1, 0.15) is 5.54 Å². The maximum atomic E-state index is 12.2. The van der Waals surface area contributed by atoms with Crippen LogP contribution in [0.2, 0.25) is 0 Å². The second-order valence-corrected chi connectivity index (χ2v) is 6.20. The van der Waals surface area contributed by atoms with E-state index in [9.17, 15) is 14.7 Å². The molecule has 1 rings (SSSR count). The highest BCUT2D eigenvalue weighted by molar-refractivity contribution is 7.98. The first kappa shape index (κ1) is 16.1. The Bertz CT molecular complexity index is 330. The quantitative estimate of drug-likeness (QED) is 0.813. The Labute approximate surface area is 119 Å². The number of hydrogen-bond acceptors (Lipinski definition) is 3. The van der Waals surface area contributed by atoms with E-state index >= 15 is 0 Å². The second kappa shape index (κ2) is 7.03. The number of amides is 2. The van der Waals surface area contributed by atoms with E-state index in [2.05, 4.69) is 5.32 Å². The summed E-state index contributed by atoms with van der Waals surface area (Å²) in [6, 6.07) is -0.199. The lowest BCUT2D eigenvalue weighted by Crippen LogP contribution is -2.59. The van der Waals surface area contributed by atoms with E-state index in [0.717, 1.165) is 25.0 Å². The molecule has 19 heavy (non-hydrogen) atoms. The highest BCUT2D eigenvalue weighted by Crippen LogP contribution is 2.28. The maximum absolute atomic E-state index is 12.2. The van der Waals surface area contributed by atoms with Gasteiger partial charge in [-0.1, -0.05) is 19.3 Å². The summed E-state index contributed by atoms with van der Waals surface area (Å²) in [6.45, 7) is 1.96. The number of hydrogen-bond donors (Lipinski definition) is 2. The van der Waals surface area contributed by atoms with Crippen molar-refractivity contribution in [3.63, 3.8) is 0 Å². The summed E-state index contributed by atoms with van der Waals surface area (Å²) in [7, 11) is 1.72. The third-order valence-corrected chi connectivity index (χ3v) is 4.67. The minimum Gasteiger partial charge on any atom is -0.480 e. The minimum atomic E-state index is -1.07. The Morgan fingerprint density at radius 2 is 1.95 bits per heavy atom. The maximum Gasteiger partial charge on any atom is 0.329 e. The highest BCUT2D eigenvalue weighted by atomic mass is 32.2. The molecule has 1 saturated carbocycles. The summed E-state index contributed by atoms with van der Waals surface area (Å²) in [6.07, 6.45) is 5.80. The summed E-state index contributed by atoms with van der Waals surface area (Å²) in [5.41, 5.74) is -1.07. The molecule has 0 radical (unpaired) electrons. The molecular formula is C13H24N2O3S. The lowest BCUT2D eigenvalue weighted by atomic mass is 9.82. The zero-order chi connectivity index (χ0) is 14.5. The van der Waals surface area contributed by atoms with Crippen LogP contribution in [0.15, 0.2) is 0 Å². The smallest absolute Gasteiger partial charge is 0.329 e. The molecular weight excluding hydrogens is 264 g/mol. The van der Waals surface area contributed by atoms with Crippen LogP contribution in [0.1, 0.15) is 39.0 Å². The zero-order valence-electron chi connectivity index (χ0n) is 11.9.